The van der Waals surface area contributed by atoms with E-state index in [1.807, 2.05) is 0 Å². The fraction of sp³-hybridized carbons (Fsp3) is 0.167. The second-order valence-electron chi connectivity index (χ2n) is 8.36. The van der Waals surface area contributed by atoms with E-state index >= 15 is 0 Å². The SMILES string of the molecule is N#Cc1ccc(-n2ccc(N3CCOC(C(O)c4nc5ccc6c(N)nsc6c5c(=O)[nH]4)C3=O)n2)cc1. The summed E-state index contributed by atoms with van der Waals surface area (Å²) in [7, 11) is 0. The summed E-state index contributed by atoms with van der Waals surface area (Å²) in [5, 5.41) is 25.5. The lowest BCUT2D eigenvalue weighted by molar-refractivity contribution is -0.143. The summed E-state index contributed by atoms with van der Waals surface area (Å²) < 4.78 is 11.9. The average molecular weight is 515 g/mol. The Hall–Kier alpha value is -4.64. The topological polar surface area (TPSA) is 176 Å². The first kappa shape index (κ1) is 22.8. The molecule has 13 heteroatoms. The molecule has 184 valence electrons. The molecule has 1 saturated heterocycles. The molecule has 0 bridgehead atoms. The highest BCUT2D eigenvalue weighted by molar-refractivity contribution is 7.14. The van der Waals surface area contributed by atoms with E-state index < -0.39 is 23.7 Å². The van der Waals surface area contributed by atoms with Crippen molar-refractivity contribution in [2.75, 3.05) is 23.8 Å². The maximum absolute atomic E-state index is 13.3. The number of aromatic amines is 1. The maximum atomic E-state index is 13.3. The highest BCUT2D eigenvalue weighted by atomic mass is 32.1. The number of amides is 1. The molecule has 0 spiro atoms. The second kappa shape index (κ2) is 8.79. The number of carbonyl (C=O) groups excluding carboxylic acids is 1. The first-order valence-corrected chi connectivity index (χ1v) is 12.0. The monoisotopic (exact) mass is 514 g/mol. The van der Waals surface area contributed by atoms with Gasteiger partial charge in [0.15, 0.2) is 11.9 Å². The van der Waals surface area contributed by atoms with Crippen molar-refractivity contribution in [3.8, 4) is 11.8 Å². The Morgan fingerprint density at radius 1 is 1.22 bits per heavy atom. The molecule has 2 unspecified atom stereocenters. The van der Waals surface area contributed by atoms with Crippen molar-refractivity contribution in [1.82, 2.24) is 24.1 Å². The molecule has 0 aliphatic carbocycles. The van der Waals surface area contributed by atoms with Crippen LogP contribution >= 0.6 is 11.5 Å². The van der Waals surface area contributed by atoms with Crippen LogP contribution in [0.5, 0.6) is 0 Å². The summed E-state index contributed by atoms with van der Waals surface area (Å²) in [6, 6.07) is 13.9. The number of carbonyl (C=O) groups is 1. The Morgan fingerprint density at radius 2 is 2.03 bits per heavy atom. The van der Waals surface area contributed by atoms with Gasteiger partial charge in [-0.15, -0.1) is 5.10 Å². The normalized spacial score (nSPS) is 16.8. The Balaban J connectivity index is 1.28. The van der Waals surface area contributed by atoms with Crippen molar-refractivity contribution in [1.29, 1.82) is 5.26 Å². The highest BCUT2D eigenvalue weighted by Crippen LogP contribution is 2.30. The van der Waals surface area contributed by atoms with Crippen LogP contribution in [-0.2, 0) is 9.53 Å². The number of nitrogens with two attached hydrogens (primary N) is 1. The quantitative estimate of drug-likeness (QED) is 0.322. The van der Waals surface area contributed by atoms with E-state index in [1.54, 1.807) is 53.3 Å². The first-order valence-electron chi connectivity index (χ1n) is 11.2. The van der Waals surface area contributed by atoms with E-state index in [2.05, 4.69) is 25.5 Å². The van der Waals surface area contributed by atoms with Crippen molar-refractivity contribution in [2.45, 2.75) is 12.2 Å². The number of morpholine rings is 1. The number of hydrogen-bond donors (Lipinski definition) is 3. The highest BCUT2D eigenvalue weighted by Gasteiger charge is 2.38. The van der Waals surface area contributed by atoms with Gasteiger partial charge in [0.05, 0.1) is 46.1 Å². The molecule has 1 amide bonds. The minimum absolute atomic E-state index is 0.0855. The van der Waals surface area contributed by atoms with Crippen LogP contribution in [0.4, 0.5) is 11.6 Å². The lowest BCUT2D eigenvalue weighted by Crippen LogP contribution is -2.50. The molecular formula is C24H18N8O4S. The third-order valence-corrected chi connectivity index (χ3v) is 7.05. The molecular weight excluding hydrogens is 496 g/mol. The molecule has 1 aliphatic heterocycles. The van der Waals surface area contributed by atoms with Gasteiger partial charge in [0.25, 0.3) is 11.5 Å². The number of nitrogens with one attached hydrogen (secondary N) is 1. The number of benzene rings is 2. The van der Waals surface area contributed by atoms with Crippen molar-refractivity contribution in [3.63, 3.8) is 0 Å². The largest absolute Gasteiger partial charge is 0.382 e. The second-order valence-corrected chi connectivity index (χ2v) is 9.13. The number of nitrogen functional groups attached to an aromatic ring is 1. The summed E-state index contributed by atoms with van der Waals surface area (Å²) >= 11 is 1.09. The van der Waals surface area contributed by atoms with Gasteiger partial charge in [-0.2, -0.15) is 9.64 Å². The molecule has 0 saturated carbocycles. The van der Waals surface area contributed by atoms with Crippen molar-refractivity contribution < 1.29 is 14.6 Å². The smallest absolute Gasteiger partial charge is 0.260 e. The van der Waals surface area contributed by atoms with Crippen LogP contribution in [0.15, 0.2) is 53.5 Å². The van der Waals surface area contributed by atoms with E-state index in [4.69, 9.17) is 15.7 Å². The zero-order chi connectivity index (χ0) is 25.7. The fourth-order valence-corrected chi connectivity index (χ4v) is 5.14. The number of nitriles is 1. The summed E-state index contributed by atoms with van der Waals surface area (Å²) in [6.07, 6.45) is -1.12. The molecule has 4 N–H and O–H groups in total. The standard InChI is InChI=1S/C24H18N8O4S/c25-11-12-1-3-13(4-2-12)32-8-7-16(29-32)31-9-10-36-19(24(31)35)18(33)22-27-15-6-5-14-20(37-30-21(14)26)17(15)23(34)28-22/h1-8,18-19,33H,9-10H2,(H2,26,30)(H,27,28,34). The number of fused-ring (bicyclic) bond motifs is 3. The van der Waals surface area contributed by atoms with Gasteiger partial charge in [-0.05, 0) is 47.9 Å². The zero-order valence-electron chi connectivity index (χ0n) is 19.0. The number of rotatable bonds is 4. The lowest BCUT2D eigenvalue weighted by atomic mass is 10.1. The van der Waals surface area contributed by atoms with Crippen LogP contribution in [0.3, 0.4) is 0 Å². The zero-order valence-corrected chi connectivity index (χ0v) is 19.8. The van der Waals surface area contributed by atoms with Crippen molar-refractivity contribution in [2.24, 2.45) is 0 Å². The number of anilines is 2. The first-order chi connectivity index (χ1) is 17.9. The van der Waals surface area contributed by atoms with Gasteiger partial charge in [-0.1, -0.05) is 0 Å². The van der Waals surface area contributed by atoms with Gasteiger partial charge < -0.3 is 20.6 Å². The van der Waals surface area contributed by atoms with Crippen LogP contribution in [0.25, 0.3) is 26.7 Å². The lowest BCUT2D eigenvalue weighted by Gasteiger charge is -2.32. The summed E-state index contributed by atoms with van der Waals surface area (Å²) in [5.74, 6) is 0.100. The molecule has 5 aromatic rings. The van der Waals surface area contributed by atoms with E-state index in [-0.39, 0.29) is 19.0 Å². The van der Waals surface area contributed by atoms with Crippen molar-refractivity contribution >= 4 is 50.1 Å². The number of H-pyrrole nitrogens is 1. The number of hydrogen-bond acceptors (Lipinski definition) is 10. The molecule has 3 aromatic heterocycles. The molecule has 6 rings (SSSR count). The van der Waals surface area contributed by atoms with Crippen LogP contribution in [0.1, 0.15) is 17.5 Å². The van der Waals surface area contributed by atoms with Gasteiger partial charge in [0, 0.05) is 17.6 Å². The molecule has 1 aliphatic rings. The Bertz CT molecular complexity index is 1770. The molecule has 4 heterocycles. The van der Waals surface area contributed by atoms with Crippen LogP contribution in [0.2, 0.25) is 0 Å². The molecule has 0 radical (unpaired) electrons. The fourth-order valence-electron chi connectivity index (χ4n) is 4.30. The maximum Gasteiger partial charge on any atom is 0.260 e. The van der Waals surface area contributed by atoms with Crippen molar-refractivity contribution in [3.05, 3.63) is 70.4 Å². The number of nitrogens with zero attached hydrogens (tertiary/aromatic N) is 6. The number of aliphatic hydroxyl groups excluding tert-OH is 1. The van der Waals surface area contributed by atoms with Gasteiger partial charge in [0.1, 0.15) is 17.7 Å². The number of aromatic nitrogens is 5. The molecule has 2 atom stereocenters. The Morgan fingerprint density at radius 3 is 2.81 bits per heavy atom. The van der Waals surface area contributed by atoms with E-state index in [9.17, 15) is 14.7 Å². The molecule has 12 nitrogen and oxygen atoms in total. The average Bonchev–Trinajstić information content (AvgIpc) is 3.55. The molecule has 37 heavy (non-hydrogen) atoms. The summed E-state index contributed by atoms with van der Waals surface area (Å²) in [4.78, 5) is 34.6. The number of aliphatic hydroxyl groups is 1. The predicted octanol–water partition coefficient (Wildman–Crippen LogP) is 1.64. The molecule has 2 aromatic carbocycles. The molecule has 1 fully saturated rings. The van der Waals surface area contributed by atoms with Crippen LogP contribution < -0.4 is 16.2 Å². The minimum atomic E-state index is -1.52. The van der Waals surface area contributed by atoms with Gasteiger partial charge in [0.2, 0.25) is 0 Å². The van der Waals surface area contributed by atoms with Crippen LogP contribution in [-0.4, -0.2) is 54.4 Å². The van der Waals surface area contributed by atoms with Gasteiger partial charge in [-0.3, -0.25) is 14.5 Å². The third kappa shape index (κ3) is 3.80. The van der Waals surface area contributed by atoms with E-state index in [0.717, 1.165) is 17.2 Å². The predicted molar refractivity (Wildman–Crippen MR) is 135 cm³/mol. The minimum Gasteiger partial charge on any atom is -0.382 e. The Labute approximate surface area is 212 Å². The van der Waals surface area contributed by atoms with E-state index in [0.29, 0.717) is 38.2 Å². The summed E-state index contributed by atoms with van der Waals surface area (Å²) in [5.41, 5.74) is 6.98. The van der Waals surface area contributed by atoms with E-state index in [1.165, 1.54) is 4.90 Å². The Kier molecular flexibility index (Phi) is 5.41. The van der Waals surface area contributed by atoms with Crippen LogP contribution in [0, 0.1) is 11.3 Å². The van der Waals surface area contributed by atoms with Gasteiger partial charge >= 0.3 is 0 Å². The number of ether oxygens (including phenoxy) is 1. The third-order valence-electron chi connectivity index (χ3n) is 6.16. The summed E-state index contributed by atoms with van der Waals surface area (Å²) in [6.45, 7) is 0.384. The van der Waals surface area contributed by atoms with Gasteiger partial charge in [-0.25, -0.2) is 9.67 Å².